The van der Waals surface area contributed by atoms with Crippen LogP contribution < -0.4 is 5.32 Å². The summed E-state index contributed by atoms with van der Waals surface area (Å²) < 4.78 is 0. The fourth-order valence-electron chi connectivity index (χ4n) is 3.24. The number of H-pyrrole nitrogens is 1. The summed E-state index contributed by atoms with van der Waals surface area (Å²) in [5.41, 5.74) is 4.45. The third-order valence-corrected chi connectivity index (χ3v) is 5.44. The number of carbonyl (C=O) groups is 1. The van der Waals surface area contributed by atoms with Crippen molar-refractivity contribution in [3.05, 3.63) is 69.5 Å². The van der Waals surface area contributed by atoms with Crippen molar-refractivity contribution in [2.24, 2.45) is 0 Å². The summed E-state index contributed by atoms with van der Waals surface area (Å²) in [6.45, 7) is 3.79. The molecule has 3 heterocycles. The van der Waals surface area contributed by atoms with Crippen LogP contribution in [0.25, 0.3) is 0 Å². The number of hydrogen-bond donors (Lipinski definition) is 2. The molecule has 0 aliphatic carbocycles. The number of fused-ring (bicyclic) bond motifs is 1. The molecule has 0 saturated carbocycles. The maximum absolute atomic E-state index is 12.2. The first-order valence-electron chi connectivity index (χ1n) is 8.37. The van der Waals surface area contributed by atoms with Crippen molar-refractivity contribution in [3.63, 3.8) is 0 Å². The minimum atomic E-state index is -0.0144. The normalized spacial score (nSPS) is 15.1. The van der Waals surface area contributed by atoms with Gasteiger partial charge < -0.3 is 5.32 Å². The molecule has 2 aromatic heterocycles. The highest BCUT2D eigenvalue weighted by Crippen LogP contribution is 2.33. The van der Waals surface area contributed by atoms with E-state index in [9.17, 15) is 4.79 Å². The van der Waals surface area contributed by atoms with E-state index in [4.69, 9.17) is 0 Å². The summed E-state index contributed by atoms with van der Waals surface area (Å²) >= 11 is 1.60. The molecule has 1 aromatic carbocycles. The lowest BCUT2D eigenvalue weighted by Crippen LogP contribution is -2.22. The van der Waals surface area contributed by atoms with Gasteiger partial charge in [-0.15, -0.1) is 0 Å². The SMILES string of the molecule is CC(c1ccccc1)N1Cc2n[nH]c(NC(=O)Cc3ccsc3)c2C1. The quantitative estimate of drug-likeness (QED) is 0.735. The number of nitrogens with zero attached hydrogens (tertiary/aromatic N) is 2. The van der Waals surface area contributed by atoms with Crippen LogP contribution in [0.15, 0.2) is 47.2 Å². The molecule has 2 N–H and O–H groups in total. The lowest BCUT2D eigenvalue weighted by molar-refractivity contribution is -0.115. The zero-order chi connectivity index (χ0) is 17.2. The monoisotopic (exact) mass is 352 g/mol. The van der Waals surface area contributed by atoms with Gasteiger partial charge in [-0.2, -0.15) is 16.4 Å². The van der Waals surface area contributed by atoms with Crippen LogP contribution in [-0.2, 0) is 24.3 Å². The topological polar surface area (TPSA) is 61.0 Å². The Bertz CT molecular complexity index is 857. The number of carbonyl (C=O) groups excluding carboxylic acids is 1. The Kier molecular flexibility index (Phi) is 4.38. The third kappa shape index (κ3) is 3.36. The predicted octanol–water partition coefficient (Wildman–Crippen LogP) is 3.73. The molecular formula is C19H20N4OS. The molecule has 25 heavy (non-hydrogen) atoms. The van der Waals surface area contributed by atoms with Gasteiger partial charge in [0.15, 0.2) is 0 Å². The average molecular weight is 352 g/mol. The van der Waals surface area contributed by atoms with E-state index in [0.29, 0.717) is 12.5 Å². The van der Waals surface area contributed by atoms with E-state index >= 15 is 0 Å². The standard InChI is InChI=1S/C19H20N4OS/c1-13(15-5-3-2-4-6-15)23-10-16-17(11-23)21-22-19(16)20-18(24)9-14-7-8-25-12-14/h2-8,12-13H,9-11H2,1H3,(H2,20,21,22,24). The zero-order valence-electron chi connectivity index (χ0n) is 14.0. The Balaban J connectivity index is 1.43. The minimum Gasteiger partial charge on any atom is -0.311 e. The van der Waals surface area contributed by atoms with E-state index in [-0.39, 0.29) is 5.91 Å². The summed E-state index contributed by atoms with van der Waals surface area (Å²) in [7, 11) is 0. The Labute approximate surface area is 150 Å². The summed E-state index contributed by atoms with van der Waals surface area (Å²) in [5, 5.41) is 14.3. The number of hydrogen-bond acceptors (Lipinski definition) is 4. The summed E-state index contributed by atoms with van der Waals surface area (Å²) in [6, 6.07) is 12.8. The van der Waals surface area contributed by atoms with E-state index in [0.717, 1.165) is 35.7 Å². The number of nitrogens with one attached hydrogen (secondary N) is 2. The molecule has 0 bridgehead atoms. The van der Waals surface area contributed by atoms with Gasteiger partial charge >= 0.3 is 0 Å². The van der Waals surface area contributed by atoms with E-state index in [1.807, 2.05) is 22.9 Å². The third-order valence-electron chi connectivity index (χ3n) is 4.71. The van der Waals surface area contributed by atoms with Crippen LogP contribution in [0, 0.1) is 0 Å². The molecule has 1 unspecified atom stereocenters. The Morgan fingerprint density at radius 1 is 1.32 bits per heavy atom. The molecular weight excluding hydrogens is 332 g/mol. The maximum Gasteiger partial charge on any atom is 0.229 e. The zero-order valence-corrected chi connectivity index (χ0v) is 14.8. The van der Waals surface area contributed by atoms with Crippen molar-refractivity contribution >= 4 is 23.1 Å². The molecule has 5 nitrogen and oxygen atoms in total. The van der Waals surface area contributed by atoms with Gasteiger partial charge in [0, 0.05) is 24.7 Å². The second kappa shape index (κ2) is 6.82. The summed E-state index contributed by atoms with van der Waals surface area (Å²) in [6.07, 6.45) is 0.390. The van der Waals surface area contributed by atoms with E-state index < -0.39 is 0 Å². The van der Waals surface area contributed by atoms with Gasteiger partial charge in [0.1, 0.15) is 5.82 Å². The molecule has 0 saturated heterocycles. The maximum atomic E-state index is 12.2. The van der Waals surface area contributed by atoms with Gasteiger partial charge in [-0.3, -0.25) is 14.8 Å². The number of rotatable bonds is 5. The van der Waals surface area contributed by atoms with Gasteiger partial charge in [0.25, 0.3) is 0 Å². The van der Waals surface area contributed by atoms with E-state index in [1.54, 1.807) is 11.3 Å². The van der Waals surface area contributed by atoms with Crippen LogP contribution in [0.3, 0.4) is 0 Å². The second-order valence-corrected chi connectivity index (χ2v) is 7.15. The number of aromatic amines is 1. The first-order chi connectivity index (χ1) is 12.2. The number of anilines is 1. The molecule has 1 amide bonds. The molecule has 3 aromatic rings. The largest absolute Gasteiger partial charge is 0.311 e. The Hall–Kier alpha value is -2.44. The molecule has 1 aliphatic rings. The fraction of sp³-hybridized carbons (Fsp3) is 0.263. The van der Waals surface area contributed by atoms with Gasteiger partial charge in [0.2, 0.25) is 5.91 Å². The van der Waals surface area contributed by atoms with Crippen molar-refractivity contribution in [2.45, 2.75) is 32.5 Å². The Morgan fingerprint density at radius 3 is 2.92 bits per heavy atom. The van der Waals surface area contributed by atoms with Crippen LogP contribution in [0.1, 0.15) is 35.3 Å². The number of amides is 1. The van der Waals surface area contributed by atoms with Crippen molar-refractivity contribution < 1.29 is 4.79 Å². The van der Waals surface area contributed by atoms with E-state index in [2.05, 4.69) is 51.6 Å². The lowest BCUT2D eigenvalue weighted by atomic mass is 10.1. The molecule has 0 radical (unpaired) electrons. The first-order valence-corrected chi connectivity index (χ1v) is 9.31. The van der Waals surface area contributed by atoms with Crippen LogP contribution in [0.4, 0.5) is 5.82 Å². The van der Waals surface area contributed by atoms with Crippen LogP contribution in [-0.4, -0.2) is 21.0 Å². The van der Waals surface area contributed by atoms with Crippen molar-refractivity contribution in [1.29, 1.82) is 0 Å². The highest BCUT2D eigenvalue weighted by atomic mass is 32.1. The van der Waals surface area contributed by atoms with Gasteiger partial charge in [-0.1, -0.05) is 30.3 Å². The molecule has 6 heteroatoms. The van der Waals surface area contributed by atoms with Gasteiger partial charge in [-0.05, 0) is 34.9 Å². The molecule has 128 valence electrons. The molecule has 4 rings (SSSR count). The van der Waals surface area contributed by atoms with Crippen molar-refractivity contribution in [1.82, 2.24) is 15.1 Å². The van der Waals surface area contributed by atoms with Gasteiger partial charge in [-0.25, -0.2) is 0 Å². The average Bonchev–Trinajstić information content (AvgIpc) is 3.34. The fourth-order valence-corrected chi connectivity index (χ4v) is 3.91. The Morgan fingerprint density at radius 2 is 2.16 bits per heavy atom. The lowest BCUT2D eigenvalue weighted by Gasteiger charge is -2.24. The summed E-state index contributed by atoms with van der Waals surface area (Å²) in [4.78, 5) is 14.6. The predicted molar refractivity (Wildman–Crippen MR) is 99.3 cm³/mol. The highest BCUT2D eigenvalue weighted by molar-refractivity contribution is 7.08. The first kappa shape index (κ1) is 16.1. The minimum absolute atomic E-state index is 0.0144. The van der Waals surface area contributed by atoms with E-state index in [1.165, 1.54) is 5.56 Å². The highest BCUT2D eigenvalue weighted by Gasteiger charge is 2.29. The molecule has 0 spiro atoms. The smallest absolute Gasteiger partial charge is 0.229 e. The van der Waals surface area contributed by atoms with Gasteiger partial charge in [0.05, 0.1) is 12.1 Å². The molecule has 1 atom stereocenters. The second-order valence-electron chi connectivity index (χ2n) is 6.37. The summed E-state index contributed by atoms with van der Waals surface area (Å²) in [5.74, 6) is 0.720. The van der Waals surface area contributed by atoms with Crippen LogP contribution >= 0.6 is 11.3 Å². The van der Waals surface area contributed by atoms with Crippen molar-refractivity contribution in [3.8, 4) is 0 Å². The number of benzene rings is 1. The number of thiophene rings is 1. The van der Waals surface area contributed by atoms with Crippen LogP contribution in [0.5, 0.6) is 0 Å². The van der Waals surface area contributed by atoms with Crippen molar-refractivity contribution in [2.75, 3.05) is 5.32 Å². The van der Waals surface area contributed by atoms with Crippen LogP contribution in [0.2, 0.25) is 0 Å². The number of aromatic nitrogens is 2. The molecule has 0 fully saturated rings. The molecule has 1 aliphatic heterocycles.